The number of carbonyl (C=O) groups excluding carboxylic acids is 1. The number of allylic oxidation sites excluding steroid dienone is 2. The Labute approximate surface area is 174 Å². The largest absolute Gasteiger partial charge is 0.394 e. The third-order valence-electron chi connectivity index (χ3n) is 4.34. The third kappa shape index (κ3) is 4.35. The number of nitrogens with one attached hydrogen (secondary N) is 2. The first-order valence-electron chi connectivity index (χ1n) is 8.55. The van der Waals surface area contributed by atoms with Crippen molar-refractivity contribution >= 4 is 45.1 Å². The van der Waals surface area contributed by atoms with E-state index >= 15 is 0 Å². The Hall–Kier alpha value is -2.02. The van der Waals surface area contributed by atoms with E-state index in [0.717, 1.165) is 9.10 Å². The summed E-state index contributed by atoms with van der Waals surface area (Å²) in [6, 6.07) is 1.15. The number of carbonyl (C=O) groups is 1. The molecule has 2 atom stereocenters. The minimum absolute atomic E-state index is 0.235. The van der Waals surface area contributed by atoms with Gasteiger partial charge in [0.25, 0.3) is 5.91 Å². The van der Waals surface area contributed by atoms with Crippen LogP contribution >= 0.6 is 22.6 Å². The molecule has 0 bridgehead atoms. The fourth-order valence-corrected chi connectivity index (χ4v) is 3.49. The van der Waals surface area contributed by atoms with E-state index in [9.17, 15) is 14.3 Å². The molecule has 4 N–H and O–H groups in total. The average Bonchev–Trinajstić information content (AvgIpc) is 2.96. The maximum Gasteiger partial charge on any atom is 0.293 e. The summed E-state index contributed by atoms with van der Waals surface area (Å²) < 4.78 is 16.9. The van der Waals surface area contributed by atoms with Crippen LogP contribution in [0.1, 0.15) is 16.9 Å². The first-order valence-corrected chi connectivity index (χ1v) is 9.63. The number of aliphatic hydroxyl groups is 2. The van der Waals surface area contributed by atoms with Gasteiger partial charge >= 0.3 is 0 Å². The first-order chi connectivity index (χ1) is 13.4. The van der Waals surface area contributed by atoms with Crippen LogP contribution in [0.3, 0.4) is 0 Å². The van der Waals surface area contributed by atoms with E-state index in [1.54, 1.807) is 30.1 Å². The summed E-state index contributed by atoms with van der Waals surface area (Å²) in [7, 11) is 1.71. The molecule has 10 heteroatoms. The third-order valence-corrected chi connectivity index (χ3v) is 5.09. The Morgan fingerprint density at radius 3 is 3.07 bits per heavy atom. The number of hydrogen-bond acceptors (Lipinski definition) is 6. The number of aromatic nitrogens is 2. The lowest BCUT2D eigenvalue weighted by atomic mass is 10.1. The number of halogens is 2. The van der Waals surface area contributed by atoms with E-state index in [2.05, 4.69) is 38.4 Å². The molecule has 3 rings (SSSR count). The minimum Gasteiger partial charge on any atom is -0.394 e. The zero-order chi connectivity index (χ0) is 20.3. The SMILES string of the molecule is Cn1c(C(=O)NOC[C@H](O)CO)c(NC2CC=C(I)C=C2F)c2cnccc21. The smallest absolute Gasteiger partial charge is 0.293 e. The maximum absolute atomic E-state index is 14.4. The quantitative estimate of drug-likeness (QED) is 0.341. The molecule has 0 saturated carbocycles. The highest BCUT2D eigenvalue weighted by Gasteiger charge is 2.26. The van der Waals surface area contributed by atoms with Crippen LogP contribution in [0.25, 0.3) is 10.9 Å². The molecule has 2 aromatic heterocycles. The topological polar surface area (TPSA) is 109 Å². The molecule has 0 fully saturated rings. The van der Waals surface area contributed by atoms with Gasteiger partial charge in [-0.1, -0.05) is 6.08 Å². The van der Waals surface area contributed by atoms with Gasteiger partial charge in [-0.2, -0.15) is 0 Å². The maximum atomic E-state index is 14.4. The van der Waals surface area contributed by atoms with E-state index in [-0.39, 0.29) is 18.1 Å². The molecule has 0 aliphatic heterocycles. The van der Waals surface area contributed by atoms with E-state index in [4.69, 9.17) is 9.94 Å². The number of rotatable bonds is 7. The van der Waals surface area contributed by atoms with Crippen LogP contribution in [0.5, 0.6) is 0 Å². The molecule has 1 aliphatic carbocycles. The van der Waals surface area contributed by atoms with Crippen LogP contribution in [-0.4, -0.2) is 51.0 Å². The first kappa shape index (κ1) is 20.7. The van der Waals surface area contributed by atoms with Gasteiger partial charge < -0.3 is 20.1 Å². The predicted molar refractivity (Wildman–Crippen MR) is 111 cm³/mol. The number of nitrogens with zero attached hydrogens (tertiary/aromatic N) is 2. The highest BCUT2D eigenvalue weighted by atomic mass is 127. The summed E-state index contributed by atoms with van der Waals surface area (Å²) in [5.74, 6) is -0.891. The second-order valence-electron chi connectivity index (χ2n) is 6.30. The predicted octanol–water partition coefficient (Wildman–Crippen LogP) is 1.94. The summed E-state index contributed by atoms with van der Waals surface area (Å²) in [6.45, 7) is -0.748. The number of pyridine rings is 1. The summed E-state index contributed by atoms with van der Waals surface area (Å²) in [4.78, 5) is 21.8. The molecule has 1 amide bonds. The molecule has 1 aliphatic rings. The number of amides is 1. The summed E-state index contributed by atoms with van der Waals surface area (Å²) in [6.07, 6.45) is 5.90. The number of hydroxylamine groups is 1. The number of anilines is 1. The van der Waals surface area contributed by atoms with Crippen molar-refractivity contribution in [3.63, 3.8) is 0 Å². The standard InChI is InChI=1S/C18H20FIN4O4/c1-24-15-4-5-21-7-12(15)16(22-14-3-2-10(20)6-13(14)19)17(24)18(27)23-28-9-11(26)8-25/h2,4-7,11,14,22,25-26H,3,8-9H2,1H3,(H,23,27)/t11-,14?/m1/s1. The van der Waals surface area contributed by atoms with Crippen LogP contribution < -0.4 is 10.8 Å². The van der Waals surface area contributed by atoms with Crippen molar-refractivity contribution in [2.75, 3.05) is 18.5 Å². The van der Waals surface area contributed by atoms with Gasteiger partial charge in [-0.3, -0.25) is 14.6 Å². The molecule has 0 spiro atoms. The lowest BCUT2D eigenvalue weighted by Gasteiger charge is -2.20. The van der Waals surface area contributed by atoms with E-state index < -0.39 is 24.7 Å². The molecular formula is C18H20FIN4O4. The molecule has 8 nitrogen and oxygen atoms in total. The molecule has 1 unspecified atom stereocenters. The minimum atomic E-state index is -1.11. The molecule has 0 aromatic carbocycles. The van der Waals surface area contributed by atoms with Crippen molar-refractivity contribution in [3.05, 3.63) is 45.7 Å². The van der Waals surface area contributed by atoms with Crippen LogP contribution in [0.2, 0.25) is 0 Å². The number of aryl methyl sites for hydroxylation is 1. The second-order valence-corrected chi connectivity index (χ2v) is 7.55. The fraction of sp³-hybridized carbons (Fsp3) is 0.333. The number of hydrogen-bond donors (Lipinski definition) is 4. The number of aliphatic hydroxyl groups excluding tert-OH is 2. The molecular weight excluding hydrogens is 482 g/mol. The van der Waals surface area contributed by atoms with Crippen LogP contribution in [0, 0.1) is 0 Å². The number of fused-ring (bicyclic) bond motifs is 1. The zero-order valence-electron chi connectivity index (χ0n) is 15.0. The van der Waals surface area contributed by atoms with E-state index in [1.807, 2.05) is 6.08 Å². The lowest BCUT2D eigenvalue weighted by Crippen LogP contribution is -2.32. The highest BCUT2D eigenvalue weighted by molar-refractivity contribution is 14.1. The van der Waals surface area contributed by atoms with Crippen LogP contribution in [0.15, 0.2) is 40.0 Å². The van der Waals surface area contributed by atoms with Gasteiger partial charge in [0.2, 0.25) is 0 Å². The highest BCUT2D eigenvalue weighted by Crippen LogP contribution is 2.33. The van der Waals surface area contributed by atoms with Crippen molar-refractivity contribution in [2.24, 2.45) is 7.05 Å². The van der Waals surface area contributed by atoms with Gasteiger partial charge in [0.05, 0.1) is 23.9 Å². The van der Waals surface area contributed by atoms with Gasteiger partial charge in [-0.15, -0.1) is 0 Å². The summed E-state index contributed by atoms with van der Waals surface area (Å²) in [5.41, 5.74) is 3.66. The lowest BCUT2D eigenvalue weighted by molar-refractivity contribution is -0.0297. The summed E-state index contributed by atoms with van der Waals surface area (Å²) >= 11 is 2.06. The Morgan fingerprint density at radius 1 is 1.57 bits per heavy atom. The molecule has 2 heterocycles. The van der Waals surface area contributed by atoms with Crippen LogP contribution in [0.4, 0.5) is 10.1 Å². The Balaban J connectivity index is 1.91. The molecule has 0 saturated heterocycles. The van der Waals surface area contributed by atoms with E-state index in [0.29, 0.717) is 17.5 Å². The van der Waals surface area contributed by atoms with Gasteiger partial charge in [0, 0.05) is 28.4 Å². The van der Waals surface area contributed by atoms with Gasteiger partial charge in [-0.05, 0) is 41.2 Å². The van der Waals surface area contributed by atoms with Gasteiger partial charge in [0.15, 0.2) is 0 Å². The van der Waals surface area contributed by atoms with Crippen molar-refractivity contribution in [1.82, 2.24) is 15.0 Å². The fourth-order valence-electron chi connectivity index (χ4n) is 2.94. The molecule has 2 aromatic rings. The molecule has 28 heavy (non-hydrogen) atoms. The van der Waals surface area contributed by atoms with Gasteiger partial charge in [-0.25, -0.2) is 9.87 Å². The monoisotopic (exact) mass is 502 g/mol. The normalized spacial score (nSPS) is 17.8. The average molecular weight is 502 g/mol. The molecule has 0 radical (unpaired) electrons. The van der Waals surface area contributed by atoms with Crippen LogP contribution in [-0.2, 0) is 11.9 Å². The summed E-state index contributed by atoms with van der Waals surface area (Å²) in [5, 5.41) is 21.9. The zero-order valence-corrected chi connectivity index (χ0v) is 17.2. The van der Waals surface area contributed by atoms with Gasteiger partial charge in [0.1, 0.15) is 24.2 Å². The Morgan fingerprint density at radius 2 is 2.36 bits per heavy atom. The van der Waals surface area contributed by atoms with Crippen molar-refractivity contribution in [3.8, 4) is 0 Å². The molecule has 150 valence electrons. The Kier molecular flexibility index (Phi) is 6.65. The second kappa shape index (κ2) is 8.99. The van der Waals surface area contributed by atoms with Crippen molar-refractivity contribution in [2.45, 2.75) is 18.6 Å². The van der Waals surface area contributed by atoms with Crippen molar-refractivity contribution in [1.29, 1.82) is 0 Å². The van der Waals surface area contributed by atoms with Crippen molar-refractivity contribution < 1.29 is 24.2 Å². The van der Waals surface area contributed by atoms with E-state index in [1.165, 1.54) is 6.08 Å². The Bertz CT molecular complexity index is 943.